The molecule has 1 aromatic carbocycles. The third-order valence-electron chi connectivity index (χ3n) is 4.74. The molecule has 3 rings (SSSR count). The number of aromatic nitrogens is 2. The molecule has 8 nitrogen and oxygen atoms in total. The molecule has 0 aliphatic heterocycles. The predicted octanol–water partition coefficient (Wildman–Crippen LogP) is 2.30. The number of fused-ring (bicyclic) bond motifs is 1. The highest BCUT2D eigenvalue weighted by molar-refractivity contribution is 6.45. The molecule has 3 aromatic rings. The van der Waals surface area contributed by atoms with Gasteiger partial charge in [-0.3, -0.25) is 9.59 Å². The highest BCUT2D eigenvalue weighted by Crippen LogP contribution is 2.33. The number of carbonyl (C=O) groups excluding carboxylic acids is 2. The van der Waals surface area contributed by atoms with Gasteiger partial charge < -0.3 is 20.1 Å². The number of carbonyl (C=O) groups is 3. The van der Waals surface area contributed by atoms with E-state index in [-0.39, 0.29) is 23.3 Å². The Morgan fingerprint density at radius 1 is 1.21 bits per heavy atom. The number of ketones is 1. The molecular weight excluding hydrogens is 374 g/mol. The molecule has 150 valence electrons. The molecule has 3 N–H and O–H groups in total. The van der Waals surface area contributed by atoms with Crippen LogP contribution in [0.4, 0.5) is 0 Å². The summed E-state index contributed by atoms with van der Waals surface area (Å²) >= 11 is 0. The van der Waals surface area contributed by atoms with Crippen molar-refractivity contribution in [3.05, 3.63) is 59.4 Å². The largest absolute Gasteiger partial charge is 0.479 e. The van der Waals surface area contributed by atoms with Crippen molar-refractivity contribution in [2.24, 2.45) is 5.73 Å². The molecule has 0 aliphatic rings. The Bertz CT molecular complexity index is 1090. The van der Waals surface area contributed by atoms with E-state index in [1.807, 2.05) is 34.9 Å². The number of ether oxygens (including phenoxy) is 1. The fourth-order valence-electron chi connectivity index (χ4n) is 3.29. The number of carboxylic acid groups (broad SMARTS) is 1. The molecule has 0 spiro atoms. The summed E-state index contributed by atoms with van der Waals surface area (Å²) in [5, 5.41) is 9.61. The second-order valence-electron chi connectivity index (χ2n) is 6.59. The van der Waals surface area contributed by atoms with Gasteiger partial charge in [-0.2, -0.15) is 0 Å². The van der Waals surface area contributed by atoms with Gasteiger partial charge in [-0.05, 0) is 25.0 Å². The van der Waals surface area contributed by atoms with Crippen LogP contribution in [0.2, 0.25) is 0 Å². The van der Waals surface area contributed by atoms with Gasteiger partial charge in [0.25, 0.3) is 11.7 Å². The summed E-state index contributed by atoms with van der Waals surface area (Å²) in [5.74, 6) is -3.14. The number of benzene rings is 1. The van der Waals surface area contributed by atoms with Crippen LogP contribution in [0.1, 0.15) is 35.0 Å². The summed E-state index contributed by atoms with van der Waals surface area (Å²) in [5.41, 5.74) is 7.45. The summed E-state index contributed by atoms with van der Waals surface area (Å²) in [6.45, 7) is 3.81. The highest BCUT2D eigenvalue weighted by atomic mass is 16.5. The number of Topliss-reactive ketones (excluding diaryl/α,β-unsaturated/α-hetero) is 1. The van der Waals surface area contributed by atoms with Crippen molar-refractivity contribution in [1.82, 2.24) is 9.55 Å². The van der Waals surface area contributed by atoms with Crippen molar-refractivity contribution in [2.45, 2.75) is 32.9 Å². The number of nitrogens with zero attached hydrogens (tertiary/aromatic N) is 2. The standard InChI is InChI=1S/C21H21N3O5/c1-3-15(21(27)28)29-20-17-14(9-10-23-20)24(11-13-7-5-4-6-8-13)12(2)16(17)18(25)19(22)26/h4-10,15H,3,11H2,1-2H3,(H2,22,26)(H,27,28). The van der Waals surface area contributed by atoms with Crippen LogP contribution in [0, 0.1) is 6.92 Å². The molecule has 0 radical (unpaired) electrons. The lowest BCUT2D eigenvalue weighted by molar-refractivity contribution is -0.145. The van der Waals surface area contributed by atoms with Crippen LogP contribution in [-0.4, -0.2) is 38.4 Å². The molecule has 0 saturated carbocycles. The van der Waals surface area contributed by atoms with E-state index in [4.69, 9.17) is 10.5 Å². The SMILES string of the molecule is CCC(Oc1nccc2c1c(C(=O)C(N)=O)c(C)n2Cc1ccccc1)C(=O)O. The van der Waals surface area contributed by atoms with Crippen LogP contribution in [0.15, 0.2) is 42.6 Å². The quantitative estimate of drug-likeness (QED) is 0.445. The summed E-state index contributed by atoms with van der Waals surface area (Å²) in [4.78, 5) is 39.8. The van der Waals surface area contributed by atoms with Crippen LogP contribution in [0.3, 0.4) is 0 Å². The normalized spacial score (nSPS) is 11.9. The Hall–Kier alpha value is -3.68. The van der Waals surface area contributed by atoms with E-state index in [1.54, 1.807) is 19.9 Å². The van der Waals surface area contributed by atoms with Gasteiger partial charge in [0.2, 0.25) is 5.88 Å². The number of hydrogen-bond donors (Lipinski definition) is 2. The number of pyridine rings is 1. The van der Waals surface area contributed by atoms with Gasteiger partial charge in [0.1, 0.15) is 0 Å². The average Bonchev–Trinajstić information content (AvgIpc) is 2.98. The van der Waals surface area contributed by atoms with E-state index in [1.165, 1.54) is 6.20 Å². The number of nitrogens with two attached hydrogens (primary N) is 1. The number of rotatable bonds is 8. The lowest BCUT2D eigenvalue weighted by atomic mass is 10.1. The average molecular weight is 395 g/mol. The number of primary amides is 1. The summed E-state index contributed by atoms with van der Waals surface area (Å²) < 4.78 is 7.46. The van der Waals surface area contributed by atoms with Gasteiger partial charge >= 0.3 is 5.97 Å². The summed E-state index contributed by atoms with van der Waals surface area (Å²) in [6, 6.07) is 11.3. The Kier molecular flexibility index (Phi) is 5.63. The molecule has 8 heteroatoms. The fraction of sp³-hybridized carbons (Fsp3) is 0.238. The van der Waals surface area contributed by atoms with Crippen LogP contribution in [0.5, 0.6) is 5.88 Å². The number of hydrogen-bond acceptors (Lipinski definition) is 5. The first-order chi connectivity index (χ1) is 13.8. The first-order valence-corrected chi connectivity index (χ1v) is 9.10. The lowest BCUT2D eigenvalue weighted by Crippen LogP contribution is -2.27. The molecule has 1 atom stereocenters. The molecule has 0 aliphatic carbocycles. The minimum absolute atomic E-state index is 0.0174. The van der Waals surface area contributed by atoms with Gasteiger partial charge in [-0.1, -0.05) is 37.3 Å². The first kappa shape index (κ1) is 20.1. The lowest BCUT2D eigenvalue weighted by Gasteiger charge is -2.13. The number of amides is 1. The minimum atomic E-state index is -1.14. The maximum Gasteiger partial charge on any atom is 0.344 e. The zero-order valence-electron chi connectivity index (χ0n) is 16.1. The van der Waals surface area contributed by atoms with Crippen molar-refractivity contribution in [3.63, 3.8) is 0 Å². The molecule has 0 saturated heterocycles. The molecule has 2 aromatic heterocycles. The van der Waals surface area contributed by atoms with Crippen LogP contribution in [0.25, 0.3) is 10.9 Å². The Morgan fingerprint density at radius 2 is 1.90 bits per heavy atom. The van der Waals surface area contributed by atoms with Gasteiger partial charge in [-0.25, -0.2) is 9.78 Å². The zero-order valence-corrected chi connectivity index (χ0v) is 16.1. The molecule has 0 bridgehead atoms. The zero-order chi connectivity index (χ0) is 21.1. The van der Waals surface area contributed by atoms with Crippen LogP contribution in [-0.2, 0) is 16.1 Å². The van der Waals surface area contributed by atoms with Gasteiger partial charge in [-0.15, -0.1) is 0 Å². The Labute approximate surface area is 166 Å². The second kappa shape index (κ2) is 8.14. The predicted molar refractivity (Wildman–Crippen MR) is 106 cm³/mol. The third kappa shape index (κ3) is 3.82. The van der Waals surface area contributed by atoms with E-state index in [0.717, 1.165) is 5.56 Å². The fourth-order valence-corrected chi connectivity index (χ4v) is 3.29. The Balaban J connectivity index is 2.24. The smallest absolute Gasteiger partial charge is 0.344 e. The van der Waals surface area contributed by atoms with E-state index >= 15 is 0 Å². The number of aliphatic carboxylic acids is 1. The van der Waals surface area contributed by atoms with E-state index in [0.29, 0.717) is 17.8 Å². The summed E-state index contributed by atoms with van der Waals surface area (Å²) in [7, 11) is 0. The van der Waals surface area contributed by atoms with E-state index < -0.39 is 23.8 Å². The van der Waals surface area contributed by atoms with E-state index in [9.17, 15) is 19.5 Å². The van der Waals surface area contributed by atoms with Crippen molar-refractivity contribution in [1.29, 1.82) is 0 Å². The molecule has 2 heterocycles. The van der Waals surface area contributed by atoms with E-state index in [2.05, 4.69) is 4.98 Å². The second-order valence-corrected chi connectivity index (χ2v) is 6.59. The molecular formula is C21H21N3O5. The topological polar surface area (TPSA) is 125 Å². The van der Waals surface area contributed by atoms with Crippen molar-refractivity contribution in [2.75, 3.05) is 0 Å². The van der Waals surface area contributed by atoms with Crippen molar-refractivity contribution >= 4 is 28.6 Å². The first-order valence-electron chi connectivity index (χ1n) is 9.10. The monoisotopic (exact) mass is 395 g/mol. The molecule has 0 fully saturated rings. The summed E-state index contributed by atoms with van der Waals surface area (Å²) in [6.07, 6.45) is 0.546. The maximum atomic E-state index is 12.6. The van der Waals surface area contributed by atoms with Crippen molar-refractivity contribution in [3.8, 4) is 5.88 Å². The molecule has 1 amide bonds. The molecule has 1 unspecified atom stereocenters. The van der Waals surface area contributed by atoms with Gasteiger partial charge in [0.05, 0.1) is 16.5 Å². The molecule has 29 heavy (non-hydrogen) atoms. The minimum Gasteiger partial charge on any atom is -0.479 e. The van der Waals surface area contributed by atoms with Crippen molar-refractivity contribution < 1.29 is 24.2 Å². The van der Waals surface area contributed by atoms with Gasteiger partial charge in [0.15, 0.2) is 6.10 Å². The third-order valence-corrected chi connectivity index (χ3v) is 4.74. The van der Waals surface area contributed by atoms with Crippen LogP contribution >= 0.6 is 0 Å². The number of carboxylic acids is 1. The maximum absolute atomic E-state index is 12.6. The highest BCUT2D eigenvalue weighted by Gasteiger charge is 2.28. The van der Waals surface area contributed by atoms with Crippen LogP contribution < -0.4 is 10.5 Å². The Morgan fingerprint density at radius 3 is 2.48 bits per heavy atom. The van der Waals surface area contributed by atoms with Gasteiger partial charge in [0, 0.05) is 18.4 Å².